The summed E-state index contributed by atoms with van der Waals surface area (Å²) >= 11 is 0. The number of hydrogen-bond donors (Lipinski definition) is 1. The molecule has 3 aromatic rings. The first-order valence-electron chi connectivity index (χ1n) is 10.0. The third kappa shape index (κ3) is 5.28. The van der Waals surface area contributed by atoms with Gasteiger partial charge in [-0.3, -0.25) is 4.98 Å². The zero-order chi connectivity index (χ0) is 22.6. The minimum absolute atomic E-state index is 0.0470. The Balaban J connectivity index is 1.76. The predicted octanol–water partition coefficient (Wildman–Crippen LogP) is 6.02. The Morgan fingerprint density at radius 1 is 1.10 bits per heavy atom. The molecule has 160 valence electrons. The minimum Gasteiger partial charge on any atom is -0.493 e. The Hall–Kier alpha value is -3.67. The van der Waals surface area contributed by atoms with E-state index >= 15 is 0 Å². The predicted molar refractivity (Wildman–Crippen MR) is 125 cm³/mol. The number of allylic oxidation sites excluding steroid dienone is 5. The summed E-state index contributed by atoms with van der Waals surface area (Å²) in [4.78, 5) is 14.4. The quantitative estimate of drug-likeness (QED) is 0.495. The SMILES string of the molecule is C=C/C(=C\C=C(/C)N(C)c1ccc(Oc2nc(O)c3ccncc3n2)cc1)C(C)(C)C. The van der Waals surface area contributed by atoms with Gasteiger partial charge in [-0.05, 0) is 54.3 Å². The number of fused-ring (bicyclic) bond motifs is 1. The van der Waals surface area contributed by atoms with E-state index in [1.54, 1.807) is 18.5 Å². The Morgan fingerprint density at radius 3 is 2.45 bits per heavy atom. The molecule has 0 saturated heterocycles. The van der Waals surface area contributed by atoms with Crippen LogP contribution < -0.4 is 9.64 Å². The molecule has 6 nitrogen and oxygen atoms in total. The van der Waals surface area contributed by atoms with Crippen LogP contribution in [0.5, 0.6) is 17.6 Å². The van der Waals surface area contributed by atoms with Crippen LogP contribution >= 0.6 is 0 Å². The van der Waals surface area contributed by atoms with Crippen LogP contribution in [-0.2, 0) is 0 Å². The van der Waals surface area contributed by atoms with Gasteiger partial charge in [0.25, 0.3) is 0 Å². The van der Waals surface area contributed by atoms with Crippen LogP contribution in [0, 0.1) is 5.41 Å². The van der Waals surface area contributed by atoms with Gasteiger partial charge in [0.15, 0.2) is 0 Å². The molecule has 6 heteroatoms. The van der Waals surface area contributed by atoms with E-state index in [1.165, 1.54) is 5.57 Å². The Bertz CT molecular complexity index is 1140. The number of rotatable bonds is 6. The summed E-state index contributed by atoms with van der Waals surface area (Å²) in [7, 11) is 2.01. The van der Waals surface area contributed by atoms with Crippen molar-refractivity contribution in [3.8, 4) is 17.6 Å². The Morgan fingerprint density at radius 2 is 1.81 bits per heavy atom. The molecule has 0 spiro atoms. The van der Waals surface area contributed by atoms with Gasteiger partial charge in [0.05, 0.1) is 17.1 Å². The molecular formula is C25H28N4O2. The van der Waals surface area contributed by atoms with E-state index in [9.17, 15) is 5.11 Å². The molecular weight excluding hydrogens is 388 g/mol. The normalized spacial score (nSPS) is 12.7. The first kappa shape index (κ1) is 22.0. The highest BCUT2D eigenvalue weighted by Crippen LogP contribution is 2.28. The number of nitrogens with zero attached hydrogens (tertiary/aromatic N) is 4. The van der Waals surface area contributed by atoms with Crippen molar-refractivity contribution in [2.45, 2.75) is 27.7 Å². The number of aromatic hydroxyl groups is 1. The fourth-order valence-corrected chi connectivity index (χ4v) is 2.98. The molecule has 0 atom stereocenters. The molecule has 0 amide bonds. The summed E-state index contributed by atoms with van der Waals surface area (Å²) < 4.78 is 5.73. The van der Waals surface area contributed by atoms with E-state index in [2.05, 4.69) is 66.3 Å². The second kappa shape index (κ2) is 9.00. The monoisotopic (exact) mass is 416 g/mol. The average Bonchev–Trinajstić information content (AvgIpc) is 2.73. The van der Waals surface area contributed by atoms with E-state index in [1.807, 2.05) is 37.4 Å². The van der Waals surface area contributed by atoms with Crippen LogP contribution in [0.1, 0.15) is 27.7 Å². The Kier molecular flexibility index (Phi) is 6.39. The molecule has 0 radical (unpaired) electrons. The highest BCUT2D eigenvalue weighted by atomic mass is 16.5. The third-order valence-electron chi connectivity index (χ3n) is 5.01. The van der Waals surface area contributed by atoms with Gasteiger partial charge in [-0.15, -0.1) is 0 Å². The topological polar surface area (TPSA) is 71.4 Å². The number of pyridine rings is 1. The van der Waals surface area contributed by atoms with E-state index in [0.29, 0.717) is 16.7 Å². The molecule has 31 heavy (non-hydrogen) atoms. The van der Waals surface area contributed by atoms with Crippen molar-refractivity contribution in [2.75, 3.05) is 11.9 Å². The van der Waals surface area contributed by atoms with Crippen molar-refractivity contribution >= 4 is 16.6 Å². The lowest BCUT2D eigenvalue weighted by atomic mass is 9.86. The second-order valence-electron chi connectivity index (χ2n) is 8.26. The van der Waals surface area contributed by atoms with Crippen LogP contribution in [-0.4, -0.2) is 27.1 Å². The molecule has 0 aliphatic rings. The molecule has 2 heterocycles. The van der Waals surface area contributed by atoms with E-state index in [4.69, 9.17) is 4.74 Å². The van der Waals surface area contributed by atoms with Crippen molar-refractivity contribution in [3.05, 3.63) is 78.8 Å². The van der Waals surface area contributed by atoms with Gasteiger partial charge in [-0.25, -0.2) is 0 Å². The zero-order valence-corrected chi connectivity index (χ0v) is 18.6. The molecule has 0 bridgehead atoms. The fourth-order valence-electron chi connectivity index (χ4n) is 2.98. The van der Waals surface area contributed by atoms with E-state index < -0.39 is 0 Å². The van der Waals surface area contributed by atoms with Crippen molar-refractivity contribution in [1.29, 1.82) is 0 Å². The maximum Gasteiger partial charge on any atom is 0.325 e. The lowest BCUT2D eigenvalue weighted by Gasteiger charge is -2.22. The van der Waals surface area contributed by atoms with Crippen molar-refractivity contribution in [2.24, 2.45) is 5.41 Å². The summed E-state index contributed by atoms with van der Waals surface area (Å²) in [5, 5.41) is 10.6. The molecule has 0 aliphatic heterocycles. The Labute approximate surface area is 183 Å². The number of ether oxygens (including phenoxy) is 1. The van der Waals surface area contributed by atoms with Crippen LogP contribution in [0.3, 0.4) is 0 Å². The van der Waals surface area contributed by atoms with Crippen molar-refractivity contribution in [1.82, 2.24) is 15.0 Å². The molecule has 0 aliphatic carbocycles. The third-order valence-corrected chi connectivity index (χ3v) is 5.01. The van der Waals surface area contributed by atoms with E-state index in [-0.39, 0.29) is 17.3 Å². The van der Waals surface area contributed by atoms with Crippen LogP contribution in [0.25, 0.3) is 10.9 Å². The first-order valence-corrected chi connectivity index (χ1v) is 10.0. The number of anilines is 1. The minimum atomic E-state index is -0.137. The molecule has 1 N–H and O–H groups in total. The lowest BCUT2D eigenvalue weighted by molar-refractivity contribution is 0.412. The maximum atomic E-state index is 10.1. The van der Waals surface area contributed by atoms with Crippen LogP contribution in [0.2, 0.25) is 0 Å². The number of aromatic nitrogens is 3. The lowest BCUT2D eigenvalue weighted by Crippen LogP contribution is -2.14. The molecule has 0 saturated carbocycles. The number of hydrogen-bond acceptors (Lipinski definition) is 6. The molecule has 1 aromatic carbocycles. The maximum absolute atomic E-state index is 10.1. The molecule has 3 rings (SSSR count). The highest BCUT2D eigenvalue weighted by molar-refractivity contribution is 5.82. The van der Waals surface area contributed by atoms with Crippen molar-refractivity contribution < 1.29 is 9.84 Å². The second-order valence-corrected chi connectivity index (χ2v) is 8.26. The average molecular weight is 417 g/mol. The van der Waals surface area contributed by atoms with Gasteiger partial charge in [0.2, 0.25) is 5.88 Å². The standard InChI is InChI=1S/C25H28N4O2/c1-7-18(25(3,4)5)9-8-17(2)29(6)19-10-12-20(13-11-19)31-24-27-22-16-26-15-14-21(22)23(30)28-24/h7-16H,1H2,2-6H3,(H,27,28,30)/b17-8+,18-9+. The van der Waals surface area contributed by atoms with Gasteiger partial charge >= 0.3 is 6.01 Å². The zero-order valence-electron chi connectivity index (χ0n) is 18.6. The van der Waals surface area contributed by atoms with Crippen molar-refractivity contribution in [3.63, 3.8) is 0 Å². The molecule has 0 unspecified atom stereocenters. The largest absolute Gasteiger partial charge is 0.493 e. The molecule has 0 fully saturated rings. The summed E-state index contributed by atoms with van der Waals surface area (Å²) in [6.07, 6.45) is 9.23. The summed E-state index contributed by atoms with van der Waals surface area (Å²) in [6, 6.07) is 9.32. The van der Waals surface area contributed by atoms with Gasteiger partial charge in [0.1, 0.15) is 5.75 Å². The summed E-state index contributed by atoms with van der Waals surface area (Å²) in [5.41, 5.74) is 3.84. The first-order chi connectivity index (χ1) is 14.7. The van der Waals surface area contributed by atoms with Crippen LogP contribution in [0.15, 0.2) is 78.8 Å². The fraction of sp³-hybridized carbons (Fsp3) is 0.240. The van der Waals surface area contributed by atoms with Gasteiger partial charge < -0.3 is 14.7 Å². The van der Waals surface area contributed by atoms with E-state index in [0.717, 1.165) is 11.4 Å². The molecule has 2 aromatic heterocycles. The highest BCUT2D eigenvalue weighted by Gasteiger charge is 2.13. The summed E-state index contributed by atoms with van der Waals surface area (Å²) in [6.45, 7) is 12.5. The van der Waals surface area contributed by atoms with Crippen LogP contribution in [0.4, 0.5) is 5.69 Å². The number of benzene rings is 1. The summed E-state index contributed by atoms with van der Waals surface area (Å²) in [5.74, 6) is 0.435. The van der Waals surface area contributed by atoms with Gasteiger partial charge in [0, 0.05) is 24.6 Å². The van der Waals surface area contributed by atoms with Gasteiger partial charge in [-0.2, -0.15) is 9.97 Å². The smallest absolute Gasteiger partial charge is 0.325 e. The van der Waals surface area contributed by atoms with Gasteiger partial charge in [-0.1, -0.05) is 39.5 Å².